The Kier molecular flexibility index (Phi) is 6.49. The first kappa shape index (κ1) is 17.3. The van der Waals surface area contributed by atoms with Crippen molar-refractivity contribution in [2.75, 3.05) is 0 Å². The molecule has 0 aliphatic carbocycles. The number of hydrogen-bond acceptors (Lipinski definition) is 3. The molecule has 0 aliphatic rings. The predicted octanol–water partition coefficient (Wildman–Crippen LogP) is 2.79. The Labute approximate surface area is 129 Å². The van der Waals surface area contributed by atoms with Crippen LogP contribution in [0.2, 0.25) is 5.02 Å². The summed E-state index contributed by atoms with van der Waals surface area (Å²) in [5.41, 5.74) is 0.833. The molecule has 0 saturated heterocycles. The van der Waals surface area contributed by atoms with Crippen LogP contribution in [-0.2, 0) is 9.59 Å². The molecule has 1 amide bonds. The molecule has 21 heavy (non-hydrogen) atoms. The molecule has 0 aliphatic heterocycles. The van der Waals surface area contributed by atoms with E-state index in [2.05, 4.69) is 5.32 Å². The van der Waals surface area contributed by atoms with Gasteiger partial charge in [0, 0.05) is 11.1 Å². The van der Waals surface area contributed by atoms with Gasteiger partial charge in [0.05, 0.1) is 6.42 Å². The number of benzene rings is 1. The highest BCUT2D eigenvalue weighted by Gasteiger charge is 2.20. The number of carboxylic acids is 1. The molecule has 0 radical (unpaired) electrons. The van der Waals surface area contributed by atoms with E-state index in [1.165, 1.54) is 0 Å². The fraction of sp³-hybridized carbons (Fsp3) is 0.467. The summed E-state index contributed by atoms with van der Waals surface area (Å²) in [5.74, 6) is -0.699. The Balaban J connectivity index is 2.63. The van der Waals surface area contributed by atoms with Gasteiger partial charge >= 0.3 is 5.97 Å². The summed E-state index contributed by atoms with van der Waals surface area (Å²) in [6, 6.07) is 4.75. The largest absolute Gasteiger partial charge is 0.481 e. The zero-order valence-electron chi connectivity index (χ0n) is 12.4. The van der Waals surface area contributed by atoms with Crippen LogP contribution < -0.4 is 10.1 Å². The molecule has 0 aromatic heterocycles. The lowest BCUT2D eigenvalue weighted by Crippen LogP contribution is -2.43. The second-order valence-electron chi connectivity index (χ2n) is 4.88. The lowest BCUT2D eigenvalue weighted by Gasteiger charge is -2.20. The summed E-state index contributed by atoms with van der Waals surface area (Å²) in [7, 11) is 0. The van der Waals surface area contributed by atoms with Gasteiger partial charge in [-0.1, -0.05) is 18.5 Å². The molecule has 5 nitrogen and oxygen atoms in total. The van der Waals surface area contributed by atoms with E-state index < -0.39 is 18.1 Å². The number of hydrogen-bond donors (Lipinski definition) is 2. The molecule has 0 spiro atoms. The van der Waals surface area contributed by atoms with Crippen molar-refractivity contribution in [3.8, 4) is 5.75 Å². The molecule has 1 aromatic carbocycles. The summed E-state index contributed by atoms with van der Waals surface area (Å²) in [6.07, 6.45) is -0.271. The second kappa shape index (κ2) is 7.88. The van der Waals surface area contributed by atoms with E-state index in [1.807, 2.05) is 13.8 Å². The zero-order valence-corrected chi connectivity index (χ0v) is 13.1. The van der Waals surface area contributed by atoms with Crippen molar-refractivity contribution in [2.45, 2.75) is 45.8 Å². The third-order valence-electron chi connectivity index (χ3n) is 3.07. The van der Waals surface area contributed by atoms with Gasteiger partial charge in [-0.2, -0.15) is 0 Å². The smallest absolute Gasteiger partial charge is 0.305 e. The first-order valence-corrected chi connectivity index (χ1v) is 7.16. The predicted molar refractivity (Wildman–Crippen MR) is 80.8 cm³/mol. The fourth-order valence-electron chi connectivity index (χ4n) is 1.82. The highest BCUT2D eigenvalue weighted by atomic mass is 35.5. The number of ether oxygens (including phenoxy) is 1. The first-order valence-electron chi connectivity index (χ1n) is 6.78. The van der Waals surface area contributed by atoms with Crippen LogP contribution in [0.5, 0.6) is 5.75 Å². The van der Waals surface area contributed by atoms with Gasteiger partial charge in [-0.05, 0) is 44.0 Å². The molecule has 6 heteroatoms. The van der Waals surface area contributed by atoms with Gasteiger partial charge in [0.2, 0.25) is 0 Å². The minimum atomic E-state index is -0.940. The van der Waals surface area contributed by atoms with Crippen LogP contribution >= 0.6 is 11.6 Å². The molecule has 116 valence electrons. The lowest BCUT2D eigenvalue weighted by molar-refractivity contribution is -0.138. The molecule has 2 unspecified atom stereocenters. The number of carboxylic acid groups (broad SMARTS) is 1. The van der Waals surface area contributed by atoms with Crippen LogP contribution in [0.15, 0.2) is 18.2 Å². The molecule has 1 aromatic rings. The highest BCUT2D eigenvalue weighted by Crippen LogP contribution is 2.22. The molecular formula is C15H20ClNO4. The van der Waals surface area contributed by atoms with Crippen LogP contribution in [0.3, 0.4) is 0 Å². The van der Waals surface area contributed by atoms with Crippen molar-refractivity contribution in [3.05, 3.63) is 28.8 Å². The summed E-state index contributed by atoms with van der Waals surface area (Å²) >= 11 is 5.86. The third kappa shape index (κ3) is 5.63. The van der Waals surface area contributed by atoms with Crippen molar-refractivity contribution >= 4 is 23.5 Å². The average molecular weight is 314 g/mol. The summed E-state index contributed by atoms with van der Waals surface area (Å²) in [6.45, 7) is 5.28. The van der Waals surface area contributed by atoms with Crippen molar-refractivity contribution in [1.29, 1.82) is 0 Å². The summed E-state index contributed by atoms with van der Waals surface area (Å²) < 4.78 is 5.59. The standard InChI is InChI=1S/C15H20ClNO4/c1-4-12(8-14(18)19)17-15(20)10(3)21-13-6-5-11(16)7-9(13)2/h5-7,10,12H,4,8H2,1-3H3,(H,17,20)(H,18,19). The quantitative estimate of drug-likeness (QED) is 0.811. The van der Waals surface area contributed by atoms with Crippen molar-refractivity contribution in [2.24, 2.45) is 0 Å². The van der Waals surface area contributed by atoms with Crippen LogP contribution in [0.1, 0.15) is 32.3 Å². The number of aryl methyl sites for hydroxylation is 1. The maximum atomic E-state index is 12.0. The van der Waals surface area contributed by atoms with Crippen LogP contribution in [0.25, 0.3) is 0 Å². The Morgan fingerprint density at radius 2 is 2.10 bits per heavy atom. The van der Waals surface area contributed by atoms with Gasteiger partial charge in [-0.25, -0.2) is 0 Å². The van der Waals surface area contributed by atoms with Crippen molar-refractivity contribution in [1.82, 2.24) is 5.32 Å². The number of carbonyl (C=O) groups is 2. The second-order valence-corrected chi connectivity index (χ2v) is 5.32. The maximum Gasteiger partial charge on any atom is 0.305 e. The monoisotopic (exact) mass is 313 g/mol. The minimum Gasteiger partial charge on any atom is -0.481 e. The van der Waals surface area contributed by atoms with Crippen molar-refractivity contribution in [3.63, 3.8) is 0 Å². The topological polar surface area (TPSA) is 75.6 Å². The highest BCUT2D eigenvalue weighted by molar-refractivity contribution is 6.30. The van der Waals surface area contributed by atoms with E-state index >= 15 is 0 Å². The number of nitrogens with one attached hydrogen (secondary N) is 1. The minimum absolute atomic E-state index is 0.102. The average Bonchev–Trinajstić information content (AvgIpc) is 2.40. The molecule has 0 saturated carbocycles. The Morgan fingerprint density at radius 3 is 2.62 bits per heavy atom. The lowest BCUT2D eigenvalue weighted by atomic mass is 10.1. The third-order valence-corrected chi connectivity index (χ3v) is 3.31. The molecule has 0 heterocycles. The Hall–Kier alpha value is -1.75. The number of halogens is 1. The molecule has 1 rings (SSSR count). The van der Waals surface area contributed by atoms with Crippen LogP contribution in [0.4, 0.5) is 0 Å². The molecule has 2 atom stereocenters. The number of aliphatic carboxylic acids is 1. The van der Waals surface area contributed by atoms with E-state index in [0.717, 1.165) is 5.56 Å². The van der Waals surface area contributed by atoms with Crippen LogP contribution in [-0.4, -0.2) is 29.1 Å². The van der Waals surface area contributed by atoms with E-state index in [1.54, 1.807) is 25.1 Å². The summed E-state index contributed by atoms with van der Waals surface area (Å²) in [4.78, 5) is 22.7. The van der Waals surface area contributed by atoms with Crippen LogP contribution in [0, 0.1) is 6.92 Å². The number of rotatable bonds is 7. The Morgan fingerprint density at radius 1 is 1.43 bits per heavy atom. The zero-order chi connectivity index (χ0) is 16.0. The van der Waals surface area contributed by atoms with E-state index in [-0.39, 0.29) is 12.3 Å². The van der Waals surface area contributed by atoms with Gasteiger partial charge < -0.3 is 15.2 Å². The van der Waals surface area contributed by atoms with E-state index in [9.17, 15) is 9.59 Å². The van der Waals surface area contributed by atoms with Gasteiger partial charge in [-0.15, -0.1) is 0 Å². The van der Waals surface area contributed by atoms with Gasteiger partial charge in [0.15, 0.2) is 6.10 Å². The first-order chi connectivity index (χ1) is 9.83. The Bertz CT molecular complexity index is 518. The molecule has 2 N–H and O–H groups in total. The summed E-state index contributed by atoms with van der Waals surface area (Å²) in [5, 5.41) is 12.0. The number of amides is 1. The van der Waals surface area contributed by atoms with Crippen molar-refractivity contribution < 1.29 is 19.4 Å². The van der Waals surface area contributed by atoms with Gasteiger partial charge in [-0.3, -0.25) is 9.59 Å². The normalized spacial score (nSPS) is 13.3. The van der Waals surface area contributed by atoms with E-state index in [4.69, 9.17) is 21.4 Å². The fourth-order valence-corrected chi connectivity index (χ4v) is 2.04. The van der Waals surface area contributed by atoms with Gasteiger partial charge in [0.1, 0.15) is 5.75 Å². The number of carbonyl (C=O) groups excluding carboxylic acids is 1. The SMILES string of the molecule is CCC(CC(=O)O)NC(=O)C(C)Oc1ccc(Cl)cc1C. The molecular weight excluding hydrogens is 294 g/mol. The van der Waals surface area contributed by atoms with Gasteiger partial charge in [0.25, 0.3) is 5.91 Å². The van der Waals surface area contributed by atoms with E-state index in [0.29, 0.717) is 17.2 Å². The molecule has 0 fully saturated rings. The molecule has 0 bridgehead atoms. The maximum absolute atomic E-state index is 12.0.